The molecule has 1 aromatic rings. The molecule has 1 fully saturated rings. The highest BCUT2D eigenvalue weighted by atomic mass is 15.2. The van der Waals surface area contributed by atoms with Gasteiger partial charge in [-0.05, 0) is 37.6 Å². The van der Waals surface area contributed by atoms with E-state index < -0.39 is 0 Å². The van der Waals surface area contributed by atoms with Crippen LogP contribution < -0.4 is 10.6 Å². The quantitative estimate of drug-likeness (QED) is 0.812. The number of nitrogens with zero attached hydrogens (tertiary/aromatic N) is 2. The summed E-state index contributed by atoms with van der Waals surface area (Å²) in [6.07, 6.45) is 2.50. The lowest BCUT2D eigenvalue weighted by Crippen LogP contribution is -2.43. The minimum Gasteiger partial charge on any atom is -0.399 e. The number of hydrogen-bond acceptors (Lipinski definition) is 3. The molecule has 94 valence electrons. The molecule has 2 rings (SSSR count). The van der Waals surface area contributed by atoms with Crippen molar-refractivity contribution >= 4 is 11.4 Å². The minimum absolute atomic E-state index is 0.652. The van der Waals surface area contributed by atoms with Gasteiger partial charge < -0.3 is 15.5 Å². The number of piperidine rings is 1. The number of benzene rings is 1. The van der Waals surface area contributed by atoms with Gasteiger partial charge in [-0.15, -0.1) is 0 Å². The zero-order chi connectivity index (χ0) is 12.3. The van der Waals surface area contributed by atoms with E-state index >= 15 is 0 Å². The van der Waals surface area contributed by atoms with Gasteiger partial charge in [0.1, 0.15) is 0 Å². The zero-order valence-corrected chi connectivity index (χ0v) is 10.9. The van der Waals surface area contributed by atoms with E-state index in [1.807, 2.05) is 12.1 Å². The molecule has 0 radical (unpaired) electrons. The van der Waals surface area contributed by atoms with E-state index in [1.54, 1.807) is 0 Å². The van der Waals surface area contributed by atoms with Gasteiger partial charge >= 0.3 is 0 Å². The third-order valence-electron chi connectivity index (χ3n) is 3.83. The van der Waals surface area contributed by atoms with Crippen LogP contribution in [0.4, 0.5) is 11.4 Å². The van der Waals surface area contributed by atoms with E-state index in [1.165, 1.54) is 38.2 Å². The summed E-state index contributed by atoms with van der Waals surface area (Å²) in [5, 5.41) is 0. The molecule has 3 heteroatoms. The largest absolute Gasteiger partial charge is 0.399 e. The smallest absolute Gasteiger partial charge is 0.0386 e. The topological polar surface area (TPSA) is 32.5 Å². The monoisotopic (exact) mass is 233 g/mol. The molecule has 0 atom stereocenters. The molecular formula is C14H23N3. The fourth-order valence-corrected chi connectivity index (χ4v) is 2.58. The third kappa shape index (κ3) is 2.91. The van der Waals surface area contributed by atoms with Gasteiger partial charge in [-0.1, -0.05) is 13.0 Å². The first-order valence-corrected chi connectivity index (χ1v) is 6.51. The van der Waals surface area contributed by atoms with Crippen molar-refractivity contribution in [2.45, 2.75) is 25.8 Å². The second kappa shape index (κ2) is 5.41. The first-order chi connectivity index (χ1) is 8.20. The Bertz CT molecular complexity index is 356. The van der Waals surface area contributed by atoms with Crippen molar-refractivity contribution in [3.05, 3.63) is 24.3 Å². The number of hydrogen-bond donors (Lipinski definition) is 1. The Morgan fingerprint density at radius 2 is 2.06 bits per heavy atom. The Morgan fingerprint density at radius 1 is 1.35 bits per heavy atom. The SMILES string of the molecule is CCN1CCC(N(C)c2cccc(N)c2)CC1. The average molecular weight is 233 g/mol. The van der Waals surface area contributed by atoms with Gasteiger partial charge in [-0.25, -0.2) is 0 Å². The second-order valence-electron chi connectivity index (χ2n) is 4.87. The standard InChI is InChI=1S/C14H23N3/c1-3-17-9-7-13(8-10-17)16(2)14-6-4-5-12(15)11-14/h4-6,11,13H,3,7-10,15H2,1-2H3. The van der Waals surface area contributed by atoms with E-state index in [9.17, 15) is 0 Å². The summed E-state index contributed by atoms with van der Waals surface area (Å²) in [4.78, 5) is 4.90. The van der Waals surface area contributed by atoms with Crippen LogP contribution in [0.5, 0.6) is 0 Å². The number of anilines is 2. The molecule has 17 heavy (non-hydrogen) atoms. The molecule has 0 aromatic heterocycles. The lowest BCUT2D eigenvalue weighted by atomic mass is 10.0. The van der Waals surface area contributed by atoms with Crippen LogP contribution in [0.1, 0.15) is 19.8 Å². The molecule has 0 aliphatic carbocycles. The summed E-state index contributed by atoms with van der Waals surface area (Å²) in [5.41, 5.74) is 7.92. The van der Waals surface area contributed by atoms with Crippen molar-refractivity contribution in [3.8, 4) is 0 Å². The van der Waals surface area contributed by atoms with Crippen LogP contribution in [0, 0.1) is 0 Å². The van der Waals surface area contributed by atoms with Crippen LogP contribution in [0.3, 0.4) is 0 Å². The fraction of sp³-hybridized carbons (Fsp3) is 0.571. The molecule has 2 N–H and O–H groups in total. The number of nitrogens with two attached hydrogens (primary N) is 1. The van der Waals surface area contributed by atoms with Crippen LogP contribution in [-0.2, 0) is 0 Å². The van der Waals surface area contributed by atoms with Crippen molar-refractivity contribution in [1.82, 2.24) is 4.90 Å². The molecule has 0 unspecified atom stereocenters. The summed E-state index contributed by atoms with van der Waals surface area (Å²) in [5.74, 6) is 0. The van der Waals surface area contributed by atoms with Gasteiger partial charge in [0, 0.05) is 37.6 Å². The van der Waals surface area contributed by atoms with Crippen LogP contribution in [-0.4, -0.2) is 37.6 Å². The highest BCUT2D eigenvalue weighted by molar-refractivity contribution is 5.56. The Labute approximate surface area is 104 Å². The number of nitrogen functional groups attached to an aromatic ring is 1. The highest BCUT2D eigenvalue weighted by Crippen LogP contribution is 2.23. The predicted molar refractivity (Wildman–Crippen MR) is 74.4 cm³/mol. The minimum atomic E-state index is 0.652. The van der Waals surface area contributed by atoms with E-state index in [4.69, 9.17) is 5.73 Å². The summed E-state index contributed by atoms with van der Waals surface area (Å²) in [7, 11) is 2.18. The second-order valence-corrected chi connectivity index (χ2v) is 4.87. The first kappa shape index (κ1) is 12.2. The molecule has 0 spiro atoms. The van der Waals surface area contributed by atoms with Crippen molar-refractivity contribution in [2.24, 2.45) is 0 Å². The van der Waals surface area contributed by atoms with E-state index in [0.717, 1.165) is 5.69 Å². The average Bonchev–Trinajstić information content (AvgIpc) is 2.38. The summed E-state index contributed by atoms with van der Waals surface area (Å²) >= 11 is 0. The maximum absolute atomic E-state index is 5.83. The van der Waals surface area contributed by atoms with Gasteiger partial charge in [0.25, 0.3) is 0 Å². The molecule has 1 saturated heterocycles. The number of likely N-dealkylation sites (tertiary alicyclic amines) is 1. The van der Waals surface area contributed by atoms with Crippen LogP contribution in [0.15, 0.2) is 24.3 Å². The van der Waals surface area contributed by atoms with Crippen molar-refractivity contribution in [3.63, 3.8) is 0 Å². The molecule has 0 amide bonds. The van der Waals surface area contributed by atoms with E-state index in [2.05, 4.69) is 35.9 Å². The van der Waals surface area contributed by atoms with Crippen LogP contribution in [0.2, 0.25) is 0 Å². The fourth-order valence-electron chi connectivity index (χ4n) is 2.58. The third-order valence-corrected chi connectivity index (χ3v) is 3.83. The summed E-state index contributed by atoms with van der Waals surface area (Å²) < 4.78 is 0. The Hall–Kier alpha value is -1.22. The molecule has 0 bridgehead atoms. The Balaban J connectivity index is 1.99. The normalized spacial score (nSPS) is 18.2. The summed E-state index contributed by atoms with van der Waals surface area (Å²) in [6, 6.07) is 8.83. The molecule has 1 aromatic carbocycles. The zero-order valence-electron chi connectivity index (χ0n) is 10.9. The van der Waals surface area contributed by atoms with Gasteiger partial charge in [0.05, 0.1) is 0 Å². The Morgan fingerprint density at radius 3 is 2.65 bits per heavy atom. The maximum atomic E-state index is 5.83. The Kier molecular flexibility index (Phi) is 3.89. The van der Waals surface area contributed by atoms with Crippen molar-refractivity contribution in [1.29, 1.82) is 0 Å². The van der Waals surface area contributed by atoms with Crippen LogP contribution in [0.25, 0.3) is 0 Å². The van der Waals surface area contributed by atoms with E-state index in [0.29, 0.717) is 6.04 Å². The van der Waals surface area contributed by atoms with Gasteiger partial charge in [-0.3, -0.25) is 0 Å². The molecule has 3 nitrogen and oxygen atoms in total. The van der Waals surface area contributed by atoms with Crippen molar-refractivity contribution < 1.29 is 0 Å². The molecule has 1 aliphatic heterocycles. The van der Waals surface area contributed by atoms with Gasteiger partial charge in [-0.2, -0.15) is 0 Å². The molecule has 1 heterocycles. The van der Waals surface area contributed by atoms with Gasteiger partial charge in [0.2, 0.25) is 0 Å². The van der Waals surface area contributed by atoms with Crippen molar-refractivity contribution in [2.75, 3.05) is 37.3 Å². The summed E-state index contributed by atoms with van der Waals surface area (Å²) in [6.45, 7) is 5.85. The molecular weight excluding hydrogens is 210 g/mol. The van der Waals surface area contributed by atoms with Gasteiger partial charge in [0.15, 0.2) is 0 Å². The van der Waals surface area contributed by atoms with E-state index in [-0.39, 0.29) is 0 Å². The maximum Gasteiger partial charge on any atom is 0.0386 e. The number of rotatable bonds is 3. The first-order valence-electron chi connectivity index (χ1n) is 6.51. The molecule has 0 saturated carbocycles. The van der Waals surface area contributed by atoms with Crippen LogP contribution >= 0.6 is 0 Å². The predicted octanol–water partition coefficient (Wildman–Crippen LogP) is 2.19. The molecule has 1 aliphatic rings. The lowest BCUT2D eigenvalue weighted by molar-refractivity contribution is 0.221. The lowest BCUT2D eigenvalue weighted by Gasteiger charge is -2.37. The highest BCUT2D eigenvalue weighted by Gasteiger charge is 2.21.